The minimum atomic E-state index is -0.141. The summed E-state index contributed by atoms with van der Waals surface area (Å²) in [4.78, 5) is 8.33. The first-order valence-electron chi connectivity index (χ1n) is 6.55. The van der Waals surface area contributed by atoms with Gasteiger partial charge in [0.25, 0.3) is 0 Å². The molecule has 1 aromatic rings. The first-order chi connectivity index (χ1) is 8.80. The molecule has 1 aliphatic carbocycles. The summed E-state index contributed by atoms with van der Waals surface area (Å²) in [5, 5.41) is 14.3. The lowest BCUT2D eigenvalue weighted by atomic mass is 9.96. The Balaban J connectivity index is 1.96. The number of hydrogen-bond donors (Lipinski definition) is 2. The van der Waals surface area contributed by atoms with Crippen LogP contribution in [0.1, 0.15) is 26.2 Å². The number of aliphatic hydroxyl groups is 1. The van der Waals surface area contributed by atoms with Crippen LogP contribution in [0.15, 0.2) is 23.6 Å². The van der Waals surface area contributed by atoms with Gasteiger partial charge in [-0.05, 0) is 31.7 Å². The normalized spacial score (nSPS) is 18.6. The standard InChI is InChI=1S/C13H21N3OS/c1-2-5-16-13(9-17,11-3-4-11)10-18-12-8-14-6-7-15-12/h6-8,11,16-17H,2-5,9-10H2,1H3. The second kappa shape index (κ2) is 6.50. The summed E-state index contributed by atoms with van der Waals surface area (Å²) in [7, 11) is 0. The maximum Gasteiger partial charge on any atom is 0.114 e. The molecule has 1 heterocycles. The van der Waals surface area contributed by atoms with E-state index in [1.165, 1.54) is 12.8 Å². The average Bonchev–Trinajstić information content (AvgIpc) is 3.26. The number of aliphatic hydroxyl groups excluding tert-OH is 1. The zero-order chi connectivity index (χ0) is 12.8. The molecular formula is C13H21N3OS. The Morgan fingerprint density at radius 1 is 1.50 bits per heavy atom. The summed E-state index contributed by atoms with van der Waals surface area (Å²) >= 11 is 1.67. The van der Waals surface area contributed by atoms with Crippen molar-refractivity contribution in [1.82, 2.24) is 15.3 Å². The molecule has 2 N–H and O–H groups in total. The van der Waals surface area contributed by atoms with Crippen LogP contribution in [0.25, 0.3) is 0 Å². The van der Waals surface area contributed by atoms with Crippen LogP contribution in [0.2, 0.25) is 0 Å². The fourth-order valence-corrected chi connectivity index (χ4v) is 3.22. The second-order valence-corrected chi connectivity index (χ2v) is 5.84. The van der Waals surface area contributed by atoms with Crippen molar-refractivity contribution < 1.29 is 5.11 Å². The molecule has 0 saturated heterocycles. The van der Waals surface area contributed by atoms with E-state index in [9.17, 15) is 5.11 Å². The molecule has 100 valence electrons. The molecule has 0 amide bonds. The van der Waals surface area contributed by atoms with E-state index in [1.54, 1.807) is 30.4 Å². The highest BCUT2D eigenvalue weighted by Crippen LogP contribution is 2.41. The van der Waals surface area contributed by atoms with Crippen molar-refractivity contribution in [2.24, 2.45) is 5.92 Å². The fourth-order valence-electron chi connectivity index (χ4n) is 2.12. The smallest absolute Gasteiger partial charge is 0.114 e. The minimum absolute atomic E-state index is 0.141. The molecule has 0 spiro atoms. The summed E-state index contributed by atoms with van der Waals surface area (Å²) in [5.74, 6) is 1.46. The molecule has 1 fully saturated rings. The molecule has 0 aromatic carbocycles. The fraction of sp³-hybridized carbons (Fsp3) is 0.692. The Hall–Kier alpha value is -0.650. The van der Waals surface area contributed by atoms with Gasteiger partial charge in [-0.15, -0.1) is 11.8 Å². The summed E-state index contributed by atoms with van der Waals surface area (Å²) in [6.45, 7) is 3.31. The van der Waals surface area contributed by atoms with Crippen LogP contribution in [0.4, 0.5) is 0 Å². The summed E-state index contributed by atoms with van der Waals surface area (Å²) in [6.07, 6.45) is 8.69. The van der Waals surface area contributed by atoms with Gasteiger partial charge in [0.1, 0.15) is 5.03 Å². The maximum absolute atomic E-state index is 9.78. The van der Waals surface area contributed by atoms with E-state index < -0.39 is 0 Å². The van der Waals surface area contributed by atoms with Crippen molar-refractivity contribution in [2.45, 2.75) is 36.8 Å². The largest absolute Gasteiger partial charge is 0.394 e. The zero-order valence-electron chi connectivity index (χ0n) is 10.8. The van der Waals surface area contributed by atoms with Gasteiger partial charge < -0.3 is 10.4 Å². The Morgan fingerprint density at radius 2 is 2.33 bits per heavy atom. The van der Waals surface area contributed by atoms with Crippen molar-refractivity contribution in [3.63, 3.8) is 0 Å². The van der Waals surface area contributed by atoms with Crippen LogP contribution in [-0.4, -0.2) is 39.5 Å². The van der Waals surface area contributed by atoms with E-state index in [0.29, 0.717) is 5.92 Å². The third-order valence-electron chi connectivity index (χ3n) is 3.39. The second-order valence-electron chi connectivity index (χ2n) is 4.85. The number of thioether (sulfide) groups is 1. The van der Waals surface area contributed by atoms with E-state index in [2.05, 4.69) is 22.2 Å². The predicted molar refractivity (Wildman–Crippen MR) is 73.6 cm³/mol. The average molecular weight is 267 g/mol. The van der Waals surface area contributed by atoms with Gasteiger partial charge in [-0.1, -0.05) is 6.92 Å². The highest BCUT2D eigenvalue weighted by Gasteiger charge is 2.44. The maximum atomic E-state index is 9.78. The van der Waals surface area contributed by atoms with Gasteiger partial charge in [-0.3, -0.25) is 4.98 Å². The van der Waals surface area contributed by atoms with E-state index in [0.717, 1.165) is 23.7 Å². The van der Waals surface area contributed by atoms with Gasteiger partial charge >= 0.3 is 0 Å². The topological polar surface area (TPSA) is 58.0 Å². The van der Waals surface area contributed by atoms with E-state index in [1.807, 2.05) is 0 Å². The van der Waals surface area contributed by atoms with Crippen LogP contribution >= 0.6 is 11.8 Å². The van der Waals surface area contributed by atoms with Crippen LogP contribution in [0.5, 0.6) is 0 Å². The highest BCUT2D eigenvalue weighted by atomic mass is 32.2. The van der Waals surface area contributed by atoms with Gasteiger partial charge in [-0.25, -0.2) is 4.98 Å². The molecular weight excluding hydrogens is 246 g/mol. The Bertz CT molecular complexity index is 359. The molecule has 1 aliphatic rings. The molecule has 0 radical (unpaired) electrons. The van der Waals surface area contributed by atoms with E-state index >= 15 is 0 Å². The van der Waals surface area contributed by atoms with Crippen LogP contribution in [0, 0.1) is 5.92 Å². The lowest BCUT2D eigenvalue weighted by molar-refractivity contribution is 0.159. The molecule has 18 heavy (non-hydrogen) atoms. The van der Waals surface area contributed by atoms with Gasteiger partial charge in [0.05, 0.1) is 18.3 Å². The molecule has 1 atom stereocenters. The van der Waals surface area contributed by atoms with Gasteiger partial charge in [0, 0.05) is 18.1 Å². The van der Waals surface area contributed by atoms with Gasteiger partial charge in [-0.2, -0.15) is 0 Å². The monoisotopic (exact) mass is 267 g/mol. The van der Waals surface area contributed by atoms with Crippen LogP contribution in [0.3, 0.4) is 0 Å². The molecule has 0 aliphatic heterocycles. The molecule has 2 rings (SSSR count). The SMILES string of the molecule is CCCNC(CO)(CSc1cnccn1)C1CC1. The molecule has 1 unspecified atom stereocenters. The summed E-state index contributed by atoms with van der Waals surface area (Å²) < 4.78 is 0. The molecule has 1 aromatic heterocycles. The van der Waals surface area contributed by atoms with Crippen molar-refractivity contribution in [1.29, 1.82) is 0 Å². The number of nitrogens with one attached hydrogen (secondary N) is 1. The Morgan fingerprint density at radius 3 is 2.89 bits per heavy atom. The van der Waals surface area contributed by atoms with Gasteiger partial charge in [0.15, 0.2) is 0 Å². The first kappa shape index (κ1) is 13.8. The van der Waals surface area contributed by atoms with Crippen molar-refractivity contribution in [3.8, 4) is 0 Å². The molecule has 0 bridgehead atoms. The Labute approximate surface area is 113 Å². The number of hydrogen-bond acceptors (Lipinski definition) is 5. The Kier molecular flexibility index (Phi) is 4.97. The third kappa shape index (κ3) is 3.43. The first-order valence-corrected chi connectivity index (χ1v) is 7.54. The lowest BCUT2D eigenvalue weighted by Crippen LogP contribution is -2.53. The number of rotatable bonds is 8. The molecule has 4 nitrogen and oxygen atoms in total. The van der Waals surface area contributed by atoms with Crippen LogP contribution < -0.4 is 5.32 Å². The van der Waals surface area contributed by atoms with Crippen molar-refractivity contribution in [3.05, 3.63) is 18.6 Å². The molecule has 5 heteroatoms. The van der Waals surface area contributed by atoms with Crippen molar-refractivity contribution >= 4 is 11.8 Å². The minimum Gasteiger partial charge on any atom is -0.394 e. The summed E-state index contributed by atoms with van der Waals surface area (Å²) in [5.41, 5.74) is -0.141. The van der Waals surface area contributed by atoms with Crippen LogP contribution in [-0.2, 0) is 0 Å². The van der Waals surface area contributed by atoms with E-state index in [4.69, 9.17) is 0 Å². The molecule has 1 saturated carbocycles. The predicted octanol–water partition coefficient (Wildman–Crippen LogP) is 1.71. The quantitative estimate of drug-likeness (QED) is 0.702. The lowest BCUT2D eigenvalue weighted by Gasteiger charge is -2.33. The zero-order valence-corrected chi connectivity index (χ0v) is 11.6. The number of nitrogens with zero attached hydrogens (tertiary/aromatic N) is 2. The highest BCUT2D eigenvalue weighted by molar-refractivity contribution is 7.99. The van der Waals surface area contributed by atoms with Gasteiger partial charge in [0.2, 0.25) is 0 Å². The van der Waals surface area contributed by atoms with E-state index in [-0.39, 0.29) is 12.1 Å². The third-order valence-corrected chi connectivity index (χ3v) is 4.55. The number of aromatic nitrogens is 2. The summed E-state index contributed by atoms with van der Waals surface area (Å²) in [6, 6.07) is 0. The van der Waals surface area contributed by atoms with Crippen molar-refractivity contribution in [2.75, 3.05) is 18.9 Å².